The van der Waals surface area contributed by atoms with E-state index >= 15 is 0 Å². The van der Waals surface area contributed by atoms with Crippen LogP contribution in [0.15, 0.2) is 0 Å². The Hall–Kier alpha value is -0.0400. The van der Waals surface area contributed by atoms with Gasteiger partial charge in [-0.15, -0.1) is 0 Å². The van der Waals surface area contributed by atoms with Crippen molar-refractivity contribution in [2.45, 2.75) is 71.9 Å². The molecule has 0 aromatic carbocycles. The Bertz CT molecular complexity index is 141. The van der Waals surface area contributed by atoms with Crippen molar-refractivity contribution in [2.24, 2.45) is 5.41 Å². The predicted molar refractivity (Wildman–Crippen MR) is 58.9 cm³/mol. The maximum Gasteiger partial charge on any atom is 0.00699 e. The monoisotopic (exact) mass is 183 g/mol. The Kier molecular flexibility index (Phi) is 3.78. The summed E-state index contributed by atoms with van der Waals surface area (Å²) in [4.78, 5) is 0. The van der Waals surface area contributed by atoms with E-state index in [0.717, 1.165) is 6.04 Å². The molecule has 1 heteroatoms. The van der Waals surface area contributed by atoms with Crippen molar-refractivity contribution in [1.82, 2.24) is 5.32 Å². The second-order valence-corrected chi connectivity index (χ2v) is 5.41. The van der Waals surface area contributed by atoms with Crippen LogP contribution in [0, 0.1) is 5.41 Å². The van der Waals surface area contributed by atoms with Gasteiger partial charge >= 0.3 is 0 Å². The van der Waals surface area contributed by atoms with Gasteiger partial charge in [0.25, 0.3) is 0 Å². The second-order valence-electron chi connectivity index (χ2n) is 5.41. The van der Waals surface area contributed by atoms with E-state index in [1.54, 1.807) is 0 Å². The smallest absolute Gasteiger partial charge is 0.00699 e. The largest absolute Gasteiger partial charge is 0.312 e. The first-order valence-electron chi connectivity index (χ1n) is 5.79. The summed E-state index contributed by atoms with van der Waals surface area (Å²) < 4.78 is 0. The van der Waals surface area contributed by atoms with E-state index in [0.29, 0.717) is 11.5 Å². The highest BCUT2D eigenvalue weighted by Crippen LogP contribution is 2.35. The molecule has 0 spiro atoms. The second kappa shape index (κ2) is 4.45. The molecule has 0 saturated heterocycles. The Balaban J connectivity index is 2.25. The zero-order valence-electron chi connectivity index (χ0n) is 9.69. The highest BCUT2D eigenvalue weighted by atomic mass is 14.9. The summed E-state index contributed by atoms with van der Waals surface area (Å²) in [6, 6.07) is 1.49. The fraction of sp³-hybridized carbons (Fsp3) is 1.00. The first-order valence-corrected chi connectivity index (χ1v) is 5.79. The van der Waals surface area contributed by atoms with Gasteiger partial charge in [0.05, 0.1) is 0 Å². The summed E-state index contributed by atoms with van der Waals surface area (Å²) >= 11 is 0. The summed E-state index contributed by atoms with van der Waals surface area (Å²) in [5.41, 5.74) is 0.605. The molecule has 0 aliphatic heterocycles. The molecule has 78 valence electrons. The van der Waals surface area contributed by atoms with Crippen molar-refractivity contribution in [3.63, 3.8) is 0 Å². The average Bonchev–Trinajstić information content (AvgIpc) is 2.08. The van der Waals surface area contributed by atoms with Crippen molar-refractivity contribution < 1.29 is 0 Å². The third-order valence-electron chi connectivity index (χ3n) is 3.47. The molecular formula is C12H25N. The van der Waals surface area contributed by atoms with Crippen molar-refractivity contribution in [2.75, 3.05) is 0 Å². The number of hydrogen-bond acceptors (Lipinski definition) is 1. The quantitative estimate of drug-likeness (QED) is 0.707. The SMILES string of the molecule is CCC(C)NC1CCC(C)(C)CC1. The first-order chi connectivity index (χ1) is 6.03. The van der Waals surface area contributed by atoms with Crippen molar-refractivity contribution in [1.29, 1.82) is 0 Å². The lowest BCUT2D eigenvalue weighted by atomic mass is 9.75. The van der Waals surface area contributed by atoms with E-state index in [-0.39, 0.29) is 0 Å². The Labute approximate surface area is 83.3 Å². The molecule has 1 rings (SSSR count). The molecule has 1 N–H and O–H groups in total. The van der Waals surface area contributed by atoms with Crippen molar-refractivity contribution in [3.8, 4) is 0 Å². The molecule has 0 amide bonds. The molecule has 1 saturated carbocycles. The van der Waals surface area contributed by atoms with E-state index in [2.05, 4.69) is 33.0 Å². The van der Waals surface area contributed by atoms with Crippen LogP contribution in [0.2, 0.25) is 0 Å². The van der Waals surface area contributed by atoms with Crippen LogP contribution < -0.4 is 5.32 Å². The van der Waals surface area contributed by atoms with Gasteiger partial charge in [-0.1, -0.05) is 20.8 Å². The number of hydrogen-bond donors (Lipinski definition) is 1. The zero-order valence-corrected chi connectivity index (χ0v) is 9.69. The summed E-state index contributed by atoms with van der Waals surface area (Å²) in [5.74, 6) is 0. The van der Waals surface area contributed by atoms with Crippen LogP contribution >= 0.6 is 0 Å². The van der Waals surface area contributed by atoms with Crippen molar-refractivity contribution >= 4 is 0 Å². The maximum absolute atomic E-state index is 3.71. The number of rotatable bonds is 3. The molecular weight excluding hydrogens is 158 g/mol. The van der Waals surface area contributed by atoms with E-state index in [9.17, 15) is 0 Å². The van der Waals surface area contributed by atoms with Gasteiger partial charge < -0.3 is 5.32 Å². The van der Waals surface area contributed by atoms with Gasteiger partial charge in [0.1, 0.15) is 0 Å². The Morgan fingerprint density at radius 1 is 1.31 bits per heavy atom. The number of nitrogens with one attached hydrogen (secondary N) is 1. The molecule has 0 radical (unpaired) electrons. The lowest BCUT2D eigenvalue weighted by molar-refractivity contribution is 0.199. The molecule has 1 unspecified atom stereocenters. The fourth-order valence-electron chi connectivity index (χ4n) is 2.09. The molecule has 1 aliphatic carbocycles. The molecule has 1 nitrogen and oxygen atoms in total. The third kappa shape index (κ3) is 3.68. The highest BCUT2D eigenvalue weighted by molar-refractivity contribution is 4.83. The van der Waals surface area contributed by atoms with Gasteiger partial charge in [0, 0.05) is 12.1 Å². The van der Waals surface area contributed by atoms with Crippen LogP contribution in [-0.2, 0) is 0 Å². The predicted octanol–water partition coefficient (Wildman–Crippen LogP) is 3.34. The van der Waals surface area contributed by atoms with Gasteiger partial charge in [-0.05, 0) is 44.4 Å². The average molecular weight is 183 g/mol. The van der Waals surface area contributed by atoms with Gasteiger partial charge in [-0.25, -0.2) is 0 Å². The van der Waals surface area contributed by atoms with E-state index < -0.39 is 0 Å². The van der Waals surface area contributed by atoms with E-state index in [1.165, 1.54) is 32.1 Å². The topological polar surface area (TPSA) is 12.0 Å². The lowest BCUT2D eigenvalue weighted by Crippen LogP contribution is -2.40. The molecule has 1 fully saturated rings. The Morgan fingerprint density at radius 2 is 1.85 bits per heavy atom. The van der Waals surface area contributed by atoms with Crippen LogP contribution in [0.4, 0.5) is 0 Å². The van der Waals surface area contributed by atoms with Gasteiger partial charge in [-0.3, -0.25) is 0 Å². The van der Waals surface area contributed by atoms with Crippen LogP contribution in [0.3, 0.4) is 0 Å². The fourth-order valence-corrected chi connectivity index (χ4v) is 2.09. The van der Waals surface area contributed by atoms with Gasteiger partial charge in [-0.2, -0.15) is 0 Å². The molecule has 1 atom stereocenters. The van der Waals surface area contributed by atoms with Gasteiger partial charge in [0.2, 0.25) is 0 Å². The van der Waals surface area contributed by atoms with E-state index in [4.69, 9.17) is 0 Å². The van der Waals surface area contributed by atoms with Crippen molar-refractivity contribution in [3.05, 3.63) is 0 Å². The zero-order chi connectivity index (χ0) is 9.90. The molecule has 0 heterocycles. The standard InChI is InChI=1S/C12H25N/c1-5-10(2)13-11-6-8-12(3,4)9-7-11/h10-11,13H,5-9H2,1-4H3. The minimum Gasteiger partial charge on any atom is -0.312 e. The van der Waals surface area contributed by atoms with Gasteiger partial charge in [0.15, 0.2) is 0 Å². The third-order valence-corrected chi connectivity index (χ3v) is 3.47. The molecule has 13 heavy (non-hydrogen) atoms. The lowest BCUT2D eigenvalue weighted by Gasteiger charge is -2.35. The summed E-state index contributed by atoms with van der Waals surface area (Å²) in [6.45, 7) is 9.34. The van der Waals surface area contributed by atoms with Crippen LogP contribution in [0.25, 0.3) is 0 Å². The minimum absolute atomic E-state index is 0.605. The Morgan fingerprint density at radius 3 is 2.31 bits per heavy atom. The van der Waals surface area contributed by atoms with Crippen LogP contribution in [0.1, 0.15) is 59.8 Å². The molecule has 0 aromatic heterocycles. The van der Waals surface area contributed by atoms with Crippen LogP contribution in [0.5, 0.6) is 0 Å². The highest BCUT2D eigenvalue weighted by Gasteiger charge is 2.26. The van der Waals surface area contributed by atoms with E-state index in [1.807, 2.05) is 0 Å². The summed E-state index contributed by atoms with van der Waals surface area (Å²) in [6.07, 6.45) is 6.77. The normalized spacial score (nSPS) is 25.8. The summed E-state index contributed by atoms with van der Waals surface area (Å²) in [5, 5.41) is 3.71. The molecule has 0 aromatic rings. The summed E-state index contributed by atoms with van der Waals surface area (Å²) in [7, 11) is 0. The molecule has 0 bridgehead atoms. The minimum atomic E-state index is 0.605. The maximum atomic E-state index is 3.71. The van der Waals surface area contributed by atoms with Crippen LogP contribution in [-0.4, -0.2) is 12.1 Å². The molecule has 1 aliphatic rings. The first kappa shape index (κ1) is 11.0.